The summed E-state index contributed by atoms with van der Waals surface area (Å²) in [4.78, 5) is 2.48. The number of para-hydroxylation sites is 1. The van der Waals surface area contributed by atoms with Gasteiger partial charge < -0.3 is 9.38 Å². The van der Waals surface area contributed by atoms with Crippen LogP contribution in [0.3, 0.4) is 0 Å². The van der Waals surface area contributed by atoms with Gasteiger partial charge in [-0.25, -0.2) is 0 Å². The van der Waals surface area contributed by atoms with Gasteiger partial charge in [0.2, 0.25) is 0 Å². The average molecular weight is 221 g/mol. The third-order valence-corrected chi connectivity index (χ3v) is 3.07. The van der Waals surface area contributed by atoms with E-state index in [9.17, 15) is 0 Å². The molecule has 2 nitrogen and oxygen atoms in total. The molecule has 0 aliphatic carbocycles. The van der Waals surface area contributed by atoms with Crippen molar-refractivity contribution in [2.24, 2.45) is 0 Å². The van der Waals surface area contributed by atoms with E-state index >= 15 is 0 Å². The molecule has 0 amide bonds. The lowest BCUT2D eigenvalue weighted by atomic mass is 10.2. The van der Waals surface area contributed by atoms with Gasteiger partial charge in [0, 0.05) is 5.69 Å². The number of likely N-dealkylation sites (N-methyl/N-ethyl adjacent to an activating group) is 1. The standard InChI is InChI=1S/C12H19N2.C2H6/c1-14(2)10-8-13(9-11-14)12-6-4-3-5-7-12;1-2/h3-7H,8-11H2,1-2H3;1-2H3/q+1;. The van der Waals surface area contributed by atoms with E-state index in [2.05, 4.69) is 49.3 Å². The summed E-state index contributed by atoms with van der Waals surface area (Å²) in [7, 11) is 4.62. The minimum absolute atomic E-state index is 1.16. The zero-order chi connectivity index (χ0) is 12.0. The van der Waals surface area contributed by atoms with Gasteiger partial charge in [0.1, 0.15) is 0 Å². The Morgan fingerprint density at radius 2 is 1.44 bits per heavy atom. The van der Waals surface area contributed by atoms with Crippen LogP contribution in [-0.4, -0.2) is 44.8 Å². The maximum Gasteiger partial charge on any atom is 0.0961 e. The number of hydrogen-bond acceptors (Lipinski definition) is 1. The predicted octanol–water partition coefficient (Wildman–Crippen LogP) is 2.61. The van der Waals surface area contributed by atoms with Gasteiger partial charge in [0.05, 0.1) is 40.3 Å². The molecule has 1 saturated heterocycles. The number of quaternary nitrogens is 1. The minimum Gasteiger partial charge on any atom is -0.360 e. The van der Waals surface area contributed by atoms with Crippen molar-refractivity contribution in [1.82, 2.24) is 0 Å². The Balaban J connectivity index is 0.000000606. The molecule has 1 aromatic rings. The molecule has 1 aromatic carbocycles. The number of piperazine rings is 1. The van der Waals surface area contributed by atoms with Crippen molar-refractivity contribution in [3.63, 3.8) is 0 Å². The van der Waals surface area contributed by atoms with Gasteiger partial charge in [0.15, 0.2) is 0 Å². The van der Waals surface area contributed by atoms with E-state index < -0.39 is 0 Å². The van der Waals surface area contributed by atoms with Crippen LogP contribution in [0.4, 0.5) is 5.69 Å². The van der Waals surface area contributed by atoms with E-state index in [1.807, 2.05) is 13.8 Å². The number of nitrogens with zero attached hydrogens (tertiary/aromatic N) is 2. The normalized spacial score (nSPS) is 18.6. The van der Waals surface area contributed by atoms with Crippen LogP contribution in [0.25, 0.3) is 0 Å². The number of rotatable bonds is 1. The summed E-state index contributed by atoms with van der Waals surface area (Å²) in [5.74, 6) is 0. The zero-order valence-electron chi connectivity index (χ0n) is 11.1. The molecule has 0 atom stereocenters. The van der Waals surface area contributed by atoms with Crippen molar-refractivity contribution in [3.05, 3.63) is 30.3 Å². The molecule has 0 bridgehead atoms. The van der Waals surface area contributed by atoms with Gasteiger partial charge in [-0.3, -0.25) is 0 Å². The molecule has 0 aromatic heterocycles. The van der Waals surface area contributed by atoms with Crippen molar-refractivity contribution in [2.75, 3.05) is 45.2 Å². The molecule has 0 saturated carbocycles. The monoisotopic (exact) mass is 221 g/mol. The summed E-state index contributed by atoms with van der Waals surface area (Å²) in [6, 6.07) is 10.7. The molecule has 90 valence electrons. The van der Waals surface area contributed by atoms with Crippen molar-refractivity contribution < 1.29 is 4.48 Å². The molecule has 0 spiro atoms. The van der Waals surface area contributed by atoms with Gasteiger partial charge in [-0.2, -0.15) is 0 Å². The Morgan fingerprint density at radius 1 is 0.938 bits per heavy atom. The van der Waals surface area contributed by atoms with Gasteiger partial charge in [-0.15, -0.1) is 0 Å². The van der Waals surface area contributed by atoms with Crippen LogP contribution < -0.4 is 4.90 Å². The average Bonchev–Trinajstić information content (AvgIpc) is 2.33. The van der Waals surface area contributed by atoms with Crippen LogP contribution in [-0.2, 0) is 0 Å². The number of hydrogen-bond donors (Lipinski definition) is 0. The van der Waals surface area contributed by atoms with Gasteiger partial charge in [-0.05, 0) is 12.1 Å². The first-order chi connectivity index (χ1) is 7.67. The van der Waals surface area contributed by atoms with Crippen LogP contribution in [0.1, 0.15) is 13.8 Å². The first-order valence-corrected chi connectivity index (χ1v) is 6.29. The molecular weight excluding hydrogens is 196 g/mol. The SMILES string of the molecule is CC.C[N+]1(C)CCN(c2ccccc2)CC1. The van der Waals surface area contributed by atoms with E-state index in [0.29, 0.717) is 0 Å². The summed E-state index contributed by atoms with van der Waals surface area (Å²) in [6.45, 7) is 8.85. The molecule has 1 aliphatic rings. The summed E-state index contributed by atoms with van der Waals surface area (Å²) < 4.78 is 1.16. The first-order valence-electron chi connectivity index (χ1n) is 6.29. The van der Waals surface area contributed by atoms with Gasteiger partial charge in [-0.1, -0.05) is 32.0 Å². The van der Waals surface area contributed by atoms with E-state index in [1.54, 1.807) is 0 Å². The van der Waals surface area contributed by atoms with Crippen LogP contribution in [0.2, 0.25) is 0 Å². The van der Waals surface area contributed by atoms with E-state index in [1.165, 1.54) is 31.9 Å². The van der Waals surface area contributed by atoms with Crippen LogP contribution in [0, 0.1) is 0 Å². The number of benzene rings is 1. The van der Waals surface area contributed by atoms with Crippen LogP contribution in [0.5, 0.6) is 0 Å². The summed E-state index contributed by atoms with van der Waals surface area (Å²) in [6.07, 6.45) is 0. The highest BCUT2D eigenvalue weighted by Crippen LogP contribution is 2.16. The Labute approximate surface area is 100 Å². The second-order valence-corrected chi connectivity index (χ2v) is 4.71. The summed E-state index contributed by atoms with van der Waals surface area (Å²) in [5.41, 5.74) is 1.37. The van der Waals surface area contributed by atoms with Crippen molar-refractivity contribution in [3.8, 4) is 0 Å². The minimum atomic E-state index is 1.16. The zero-order valence-corrected chi connectivity index (χ0v) is 11.1. The molecule has 1 fully saturated rings. The second-order valence-electron chi connectivity index (χ2n) is 4.71. The molecule has 2 heteroatoms. The molecule has 0 radical (unpaired) electrons. The molecule has 2 rings (SSSR count). The van der Waals surface area contributed by atoms with Gasteiger partial charge >= 0.3 is 0 Å². The van der Waals surface area contributed by atoms with Crippen molar-refractivity contribution >= 4 is 5.69 Å². The van der Waals surface area contributed by atoms with Crippen LogP contribution in [0.15, 0.2) is 30.3 Å². The second kappa shape index (κ2) is 5.90. The lowest BCUT2D eigenvalue weighted by Gasteiger charge is -2.40. The third-order valence-electron chi connectivity index (χ3n) is 3.07. The van der Waals surface area contributed by atoms with Gasteiger partial charge in [0.25, 0.3) is 0 Å². The fourth-order valence-corrected chi connectivity index (χ4v) is 1.90. The fourth-order valence-electron chi connectivity index (χ4n) is 1.90. The number of anilines is 1. The third kappa shape index (κ3) is 3.53. The predicted molar refractivity (Wildman–Crippen MR) is 71.8 cm³/mol. The molecule has 16 heavy (non-hydrogen) atoms. The smallest absolute Gasteiger partial charge is 0.0961 e. The molecule has 1 aliphatic heterocycles. The Kier molecular flexibility index (Phi) is 4.81. The summed E-state index contributed by atoms with van der Waals surface area (Å²) in [5, 5.41) is 0. The lowest BCUT2D eigenvalue weighted by Crippen LogP contribution is -2.54. The highest BCUT2D eigenvalue weighted by atomic mass is 15.4. The molecular formula is C14H25N2+. The van der Waals surface area contributed by atoms with Crippen molar-refractivity contribution in [1.29, 1.82) is 0 Å². The largest absolute Gasteiger partial charge is 0.360 e. The topological polar surface area (TPSA) is 3.24 Å². The van der Waals surface area contributed by atoms with E-state index in [-0.39, 0.29) is 0 Å². The maximum atomic E-state index is 2.48. The van der Waals surface area contributed by atoms with Crippen molar-refractivity contribution in [2.45, 2.75) is 13.8 Å². The highest BCUT2D eigenvalue weighted by molar-refractivity contribution is 5.46. The highest BCUT2D eigenvalue weighted by Gasteiger charge is 2.23. The molecule has 0 unspecified atom stereocenters. The maximum absolute atomic E-state index is 2.48. The van der Waals surface area contributed by atoms with Crippen LogP contribution >= 0.6 is 0 Å². The Bertz CT molecular complexity index is 283. The van der Waals surface area contributed by atoms with E-state index in [4.69, 9.17) is 0 Å². The quantitative estimate of drug-likeness (QED) is 0.659. The fraction of sp³-hybridized carbons (Fsp3) is 0.571. The first kappa shape index (κ1) is 13.0. The van der Waals surface area contributed by atoms with E-state index in [0.717, 1.165) is 4.48 Å². The Morgan fingerprint density at radius 3 is 1.94 bits per heavy atom. The Hall–Kier alpha value is -1.02. The summed E-state index contributed by atoms with van der Waals surface area (Å²) >= 11 is 0. The molecule has 1 heterocycles. The lowest BCUT2D eigenvalue weighted by molar-refractivity contribution is -0.890. The molecule has 0 N–H and O–H groups in total.